The van der Waals surface area contributed by atoms with Gasteiger partial charge < -0.3 is 10.4 Å². The average molecular weight is 263 g/mol. The van der Waals surface area contributed by atoms with Crippen molar-refractivity contribution in [1.82, 2.24) is 24.9 Å². The molecule has 0 aliphatic heterocycles. The van der Waals surface area contributed by atoms with E-state index in [0.29, 0.717) is 13.1 Å². The maximum atomic E-state index is 9.90. The molecule has 0 saturated carbocycles. The van der Waals surface area contributed by atoms with E-state index in [0.717, 1.165) is 17.9 Å². The van der Waals surface area contributed by atoms with E-state index >= 15 is 0 Å². The topological polar surface area (TPSA) is 67.9 Å². The van der Waals surface area contributed by atoms with E-state index in [2.05, 4.69) is 22.4 Å². The van der Waals surface area contributed by atoms with Crippen molar-refractivity contribution in [3.63, 3.8) is 0 Å². The molecule has 6 heteroatoms. The third kappa shape index (κ3) is 3.42. The van der Waals surface area contributed by atoms with Gasteiger partial charge in [0.15, 0.2) is 0 Å². The highest BCUT2D eigenvalue weighted by molar-refractivity contribution is 5.23. The molecule has 0 aromatic carbocycles. The van der Waals surface area contributed by atoms with Gasteiger partial charge in [0.2, 0.25) is 0 Å². The number of aromatic nitrogens is 4. The number of rotatable bonds is 6. The van der Waals surface area contributed by atoms with Crippen LogP contribution >= 0.6 is 0 Å². The zero-order valence-corrected chi connectivity index (χ0v) is 11.7. The fraction of sp³-hybridized carbons (Fsp3) is 0.538. The minimum absolute atomic E-state index is 0.447. The summed E-state index contributed by atoms with van der Waals surface area (Å²) in [4.78, 5) is 0. The molecule has 0 spiro atoms. The number of nitrogens with one attached hydrogen (secondary N) is 1. The summed E-state index contributed by atoms with van der Waals surface area (Å²) in [6.45, 7) is 5.82. The first kappa shape index (κ1) is 13.8. The molecule has 0 aliphatic carbocycles. The third-order valence-corrected chi connectivity index (χ3v) is 3.30. The van der Waals surface area contributed by atoms with Gasteiger partial charge in [-0.25, -0.2) is 0 Å². The van der Waals surface area contributed by atoms with E-state index in [1.54, 1.807) is 10.9 Å². The van der Waals surface area contributed by atoms with Gasteiger partial charge in [-0.1, -0.05) is 0 Å². The predicted octanol–water partition coefficient (Wildman–Crippen LogP) is 0.384. The van der Waals surface area contributed by atoms with Crippen molar-refractivity contribution in [2.45, 2.75) is 33.0 Å². The second-order valence-electron chi connectivity index (χ2n) is 4.79. The Hall–Kier alpha value is -1.66. The first-order valence-electron chi connectivity index (χ1n) is 6.43. The van der Waals surface area contributed by atoms with Crippen molar-refractivity contribution in [2.24, 2.45) is 7.05 Å². The number of nitrogens with zero attached hydrogens (tertiary/aromatic N) is 4. The Bertz CT molecular complexity index is 517. The fourth-order valence-corrected chi connectivity index (χ4v) is 2.13. The first-order chi connectivity index (χ1) is 9.08. The molecule has 0 saturated heterocycles. The van der Waals surface area contributed by atoms with Crippen LogP contribution in [0.15, 0.2) is 18.5 Å². The normalized spacial score (nSPS) is 12.8. The monoisotopic (exact) mass is 263 g/mol. The lowest BCUT2D eigenvalue weighted by Crippen LogP contribution is -2.30. The molecular weight excluding hydrogens is 242 g/mol. The summed E-state index contributed by atoms with van der Waals surface area (Å²) in [6.07, 6.45) is 3.11. The zero-order valence-electron chi connectivity index (χ0n) is 11.7. The molecule has 19 heavy (non-hydrogen) atoms. The van der Waals surface area contributed by atoms with Gasteiger partial charge in [0.05, 0.1) is 18.3 Å². The van der Waals surface area contributed by atoms with Crippen LogP contribution in [0, 0.1) is 13.8 Å². The molecule has 2 aromatic rings. The summed E-state index contributed by atoms with van der Waals surface area (Å²) in [5.41, 5.74) is 3.40. The molecule has 0 aliphatic rings. The van der Waals surface area contributed by atoms with E-state index in [9.17, 15) is 5.11 Å². The molecule has 104 valence electrons. The van der Waals surface area contributed by atoms with Gasteiger partial charge >= 0.3 is 0 Å². The lowest BCUT2D eigenvalue weighted by Gasteiger charge is -2.12. The quantitative estimate of drug-likeness (QED) is 0.791. The van der Waals surface area contributed by atoms with Crippen molar-refractivity contribution in [3.8, 4) is 0 Å². The van der Waals surface area contributed by atoms with Crippen molar-refractivity contribution < 1.29 is 5.11 Å². The smallest absolute Gasteiger partial charge is 0.0860 e. The van der Waals surface area contributed by atoms with Gasteiger partial charge in [-0.3, -0.25) is 9.36 Å². The van der Waals surface area contributed by atoms with E-state index in [1.807, 2.05) is 30.9 Å². The molecule has 0 amide bonds. The molecule has 0 fully saturated rings. The second-order valence-corrected chi connectivity index (χ2v) is 4.79. The van der Waals surface area contributed by atoms with E-state index < -0.39 is 6.10 Å². The van der Waals surface area contributed by atoms with Crippen molar-refractivity contribution in [3.05, 3.63) is 35.4 Å². The number of aliphatic hydroxyl groups excluding tert-OH is 1. The zero-order chi connectivity index (χ0) is 13.8. The maximum Gasteiger partial charge on any atom is 0.0860 e. The first-order valence-corrected chi connectivity index (χ1v) is 6.43. The SMILES string of the molecule is Cc1nn(C)c(C)c1CNCC(O)Cn1cccn1. The Kier molecular flexibility index (Phi) is 4.34. The highest BCUT2D eigenvalue weighted by atomic mass is 16.3. The molecule has 6 nitrogen and oxygen atoms in total. The molecule has 0 bridgehead atoms. The minimum Gasteiger partial charge on any atom is -0.390 e. The highest BCUT2D eigenvalue weighted by Gasteiger charge is 2.10. The average Bonchev–Trinajstić information content (AvgIpc) is 2.93. The number of aryl methyl sites for hydroxylation is 2. The third-order valence-electron chi connectivity index (χ3n) is 3.30. The van der Waals surface area contributed by atoms with Crippen LogP contribution < -0.4 is 5.32 Å². The van der Waals surface area contributed by atoms with Gasteiger partial charge in [-0.15, -0.1) is 0 Å². The summed E-state index contributed by atoms with van der Waals surface area (Å²) in [7, 11) is 1.94. The molecule has 1 unspecified atom stereocenters. The Morgan fingerprint density at radius 2 is 2.21 bits per heavy atom. The van der Waals surface area contributed by atoms with Crippen molar-refractivity contribution >= 4 is 0 Å². The summed E-state index contributed by atoms with van der Waals surface area (Å²) in [6, 6.07) is 1.85. The highest BCUT2D eigenvalue weighted by Crippen LogP contribution is 2.11. The summed E-state index contributed by atoms with van der Waals surface area (Å²) in [5.74, 6) is 0. The Balaban J connectivity index is 1.80. The van der Waals surface area contributed by atoms with Crippen LogP contribution in [-0.4, -0.2) is 37.3 Å². The van der Waals surface area contributed by atoms with Gasteiger partial charge in [-0.2, -0.15) is 10.2 Å². The summed E-state index contributed by atoms with van der Waals surface area (Å²) >= 11 is 0. The lowest BCUT2D eigenvalue weighted by molar-refractivity contribution is 0.146. The van der Waals surface area contributed by atoms with E-state index in [-0.39, 0.29) is 0 Å². The molecule has 2 N–H and O–H groups in total. The van der Waals surface area contributed by atoms with Crippen LogP contribution in [0.2, 0.25) is 0 Å². The molecule has 2 rings (SSSR count). The Morgan fingerprint density at radius 3 is 2.79 bits per heavy atom. The second kappa shape index (κ2) is 5.99. The van der Waals surface area contributed by atoms with Crippen LogP contribution in [0.4, 0.5) is 0 Å². The molecule has 0 radical (unpaired) electrons. The van der Waals surface area contributed by atoms with Crippen LogP contribution in [0.1, 0.15) is 17.0 Å². The Morgan fingerprint density at radius 1 is 1.42 bits per heavy atom. The van der Waals surface area contributed by atoms with Crippen molar-refractivity contribution in [2.75, 3.05) is 6.54 Å². The van der Waals surface area contributed by atoms with Gasteiger partial charge in [-0.05, 0) is 19.9 Å². The van der Waals surface area contributed by atoms with E-state index in [4.69, 9.17) is 0 Å². The van der Waals surface area contributed by atoms with Crippen LogP contribution in [0.25, 0.3) is 0 Å². The number of hydrogen-bond acceptors (Lipinski definition) is 4. The standard InChI is InChI=1S/C13H21N5O/c1-10-13(11(2)17(3)16-10)8-14-7-12(19)9-18-6-4-5-15-18/h4-6,12,14,19H,7-9H2,1-3H3. The Labute approximate surface area is 113 Å². The van der Waals surface area contributed by atoms with Crippen LogP contribution in [-0.2, 0) is 20.1 Å². The number of aliphatic hydroxyl groups is 1. The minimum atomic E-state index is -0.447. The number of hydrogen-bond donors (Lipinski definition) is 2. The van der Waals surface area contributed by atoms with Gasteiger partial charge in [0.25, 0.3) is 0 Å². The van der Waals surface area contributed by atoms with Crippen molar-refractivity contribution in [1.29, 1.82) is 0 Å². The molecule has 2 aromatic heterocycles. The maximum absolute atomic E-state index is 9.90. The summed E-state index contributed by atoms with van der Waals surface area (Å²) in [5, 5.41) is 21.6. The lowest BCUT2D eigenvalue weighted by atomic mass is 10.2. The summed E-state index contributed by atoms with van der Waals surface area (Å²) < 4.78 is 3.61. The van der Waals surface area contributed by atoms with Gasteiger partial charge in [0, 0.05) is 43.8 Å². The van der Waals surface area contributed by atoms with Crippen LogP contribution in [0.5, 0.6) is 0 Å². The molecule has 1 atom stereocenters. The largest absolute Gasteiger partial charge is 0.390 e. The fourth-order valence-electron chi connectivity index (χ4n) is 2.13. The predicted molar refractivity (Wildman–Crippen MR) is 72.6 cm³/mol. The molecule has 2 heterocycles. The van der Waals surface area contributed by atoms with Gasteiger partial charge in [0.1, 0.15) is 0 Å². The molecular formula is C13H21N5O. The van der Waals surface area contributed by atoms with E-state index in [1.165, 1.54) is 5.56 Å². The van der Waals surface area contributed by atoms with Crippen LogP contribution in [0.3, 0.4) is 0 Å².